The van der Waals surface area contributed by atoms with Crippen LogP contribution in [0.15, 0.2) is 40.3 Å². The third-order valence-electron chi connectivity index (χ3n) is 2.96. The summed E-state index contributed by atoms with van der Waals surface area (Å²) in [6.45, 7) is 4.33. The second kappa shape index (κ2) is 5.10. The van der Waals surface area contributed by atoms with Crippen molar-refractivity contribution < 1.29 is 0 Å². The van der Waals surface area contributed by atoms with E-state index in [1.54, 1.807) is 11.3 Å². The number of pyridine rings is 1. The minimum Gasteiger partial charge on any atom is -0.303 e. The number of thiophene rings is 1. The van der Waals surface area contributed by atoms with Gasteiger partial charge in [0, 0.05) is 6.20 Å². The van der Waals surface area contributed by atoms with E-state index in [1.807, 2.05) is 6.07 Å². The summed E-state index contributed by atoms with van der Waals surface area (Å²) < 4.78 is 3.33. The topological polar surface area (TPSA) is 17.3 Å². The molecule has 0 aromatic carbocycles. The van der Waals surface area contributed by atoms with Crippen molar-refractivity contribution in [1.82, 2.24) is 9.38 Å². The van der Waals surface area contributed by atoms with Crippen LogP contribution in [0.5, 0.6) is 0 Å². The van der Waals surface area contributed by atoms with Gasteiger partial charge in [-0.1, -0.05) is 19.9 Å². The molecule has 0 spiro atoms. The molecule has 0 bridgehead atoms. The van der Waals surface area contributed by atoms with Crippen LogP contribution in [0.4, 0.5) is 0 Å². The zero-order chi connectivity index (χ0) is 13.4. The Balaban J connectivity index is 2.22. The van der Waals surface area contributed by atoms with Gasteiger partial charge in [0.15, 0.2) is 0 Å². The summed E-state index contributed by atoms with van der Waals surface area (Å²) in [6, 6.07) is 10.3. The van der Waals surface area contributed by atoms with E-state index in [0.29, 0.717) is 0 Å². The summed E-state index contributed by atoms with van der Waals surface area (Å²) in [7, 11) is 0. The average molecular weight is 334 g/mol. The second-order valence-corrected chi connectivity index (χ2v) is 7.29. The Morgan fingerprint density at radius 3 is 2.79 bits per heavy atom. The molecule has 3 aromatic rings. The Hall–Kier alpha value is -1.13. The van der Waals surface area contributed by atoms with Crippen molar-refractivity contribution in [3.8, 4) is 10.6 Å². The van der Waals surface area contributed by atoms with E-state index in [9.17, 15) is 0 Å². The van der Waals surface area contributed by atoms with Gasteiger partial charge in [0.05, 0.1) is 14.4 Å². The number of hydrogen-bond donors (Lipinski definition) is 0. The fourth-order valence-electron chi connectivity index (χ4n) is 2.19. The normalized spacial score (nSPS) is 11.6. The summed E-state index contributed by atoms with van der Waals surface area (Å²) in [4.78, 5) is 6.00. The SMILES string of the molecule is C[C](C)Cc1c(-c2ccc(Br)s2)nc2ccccn12. The Kier molecular flexibility index (Phi) is 3.46. The first-order valence-corrected chi connectivity index (χ1v) is 7.77. The van der Waals surface area contributed by atoms with Gasteiger partial charge in [0.1, 0.15) is 11.3 Å². The van der Waals surface area contributed by atoms with Crippen LogP contribution in [0.3, 0.4) is 0 Å². The first-order valence-electron chi connectivity index (χ1n) is 6.16. The van der Waals surface area contributed by atoms with Crippen molar-refractivity contribution in [2.45, 2.75) is 20.3 Å². The molecule has 0 amide bonds. The lowest BCUT2D eigenvalue weighted by atomic mass is 10.1. The van der Waals surface area contributed by atoms with E-state index >= 15 is 0 Å². The molecule has 3 rings (SSSR count). The summed E-state index contributed by atoms with van der Waals surface area (Å²) in [6.07, 6.45) is 3.04. The molecule has 3 heterocycles. The molecule has 0 saturated carbocycles. The highest BCUT2D eigenvalue weighted by Crippen LogP contribution is 2.34. The molecule has 19 heavy (non-hydrogen) atoms. The van der Waals surface area contributed by atoms with Gasteiger partial charge >= 0.3 is 0 Å². The highest BCUT2D eigenvalue weighted by atomic mass is 79.9. The number of hydrogen-bond acceptors (Lipinski definition) is 2. The maximum Gasteiger partial charge on any atom is 0.137 e. The Morgan fingerprint density at radius 2 is 2.11 bits per heavy atom. The zero-order valence-corrected chi connectivity index (χ0v) is 13.3. The lowest BCUT2D eigenvalue weighted by Gasteiger charge is -2.06. The predicted molar refractivity (Wildman–Crippen MR) is 84.5 cm³/mol. The minimum absolute atomic E-state index is 0.954. The van der Waals surface area contributed by atoms with Gasteiger partial charge in [-0.3, -0.25) is 0 Å². The molecule has 97 valence electrons. The molecule has 1 radical (unpaired) electrons. The molecule has 3 aromatic heterocycles. The van der Waals surface area contributed by atoms with Gasteiger partial charge in [0.2, 0.25) is 0 Å². The minimum atomic E-state index is 0.954. The molecule has 0 aliphatic heterocycles. The lowest BCUT2D eigenvalue weighted by Crippen LogP contribution is -1.98. The lowest BCUT2D eigenvalue weighted by molar-refractivity contribution is 0.902. The number of fused-ring (bicyclic) bond motifs is 1. The Bertz CT molecular complexity index is 712. The van der Waals surface area contributed by atoms with Crippen molar-refractivity contribution in [1.29, 1.82) is 0 Å². The van der Waals surface area contributed by atoms with E-state index in [0.717, 1.165) is 21.5 Å². The summed E-state index contributed by atoms with van der Waals surface area (Å²) in [5.74, 6) is 1.39. The Labute approximate surface area is 125 Å². The predicted octanol–water partition coefficient (Wildman–Crippen LogP) is 4.98. The smallest absolute Gasteiger partial charge is 0.137 e. The molecule has 0 saturated heterocycles. The number of imidazole rings is 1. The van der Waals surface area contributed by atoms with Crippen LogP contribution in [-0.4, -0.2) is 9.38 Å². The number of rotatable bonds is 3. The molecule has 0 unspecified atom stereocenters. The molecular formula is C15H14BrN2S. The van der Waals surface area contributed by atoms with Crippen molar-refractivity contribution in [2.75, 3.05) is 0 Å². The number of nitrogens with zero attached hydrogens (tertiary/aromatic N) is 2. The first-order chi connectivity index (χ1) is 9.15. The summed E-state index contributed by atoms with van der Waals surface area (Å²) in [5.41, 5.74) is 3.38. The monoisotopic (exact) mass is 333 g/mol. The summed E-state index contributed by atoms with van der Waals surface area (Å²) in [5, 5.41) is 0. The Morgan fingerprint density at radius 1 is 1.26 bits per heavy atom. The molecule has 4 heteroatoms. The largest absolute Gasteiger partial charge is 0.303 e. The van der Waals surface area contributed by atoms with Crippen LogP contribution < -0.4 is 0 Å². The van der Waals surface area contributed by atoms with Crippen LogP contribution in [0.2, 0.25) is 0 Å². The van der Waals surface area contributed by atoms with Crippen LogP contribution >= 0.6 is 27.3 Å². The van der Waals surface area contributed by atoms with Gasteiger partial charge in [-0.25, -0.2) is 4.98 Å². The van der Waals surface area contributed by atoms with Gasteiger partial charge < -0.3 is 4.40 Å². The molecule has 0 aliphatic carbocycles. The van der Waals surface area contributed by atoms with E-state index in [1.165, 1.54) is 16.5 Å². The van der Waals surface area contributed by atoms with E-state index in [2.05, 4.69) is 64.6 Å². The van der Waals surface area contributed by atoms with Crippen molar-refractivity contribution in [3.63, 3.8) is 0 Å². The molecular weight excluding hydrogens is 320 g/mol. The van der Waals surface area contributed by atoms with Crippen LogP contribution in [0.25, 0.3) is 16.2 Å². The number of aromatic nitrogens is 2. The van der Waals surface area contributed by atoms with Crippen molar-refractivity contribution in [3.05, 3.63) is 51.9 Å². The van der Waals surface area contributed by atoms with Crippen LogP contribution in [-0.2, 0) is 6.42 Å². The maximum absolute atomic E-state index is 4.79. The highest BCUT2D eigenvalue weighted by molar-refractivity contribution is 9.11. The third-order valence-corrected chi connectivity index (χ3v) is 4.59. The van der Waals surface area contributed by atoms with Crippen LogP contribution in [0.1, 0.15) is 19.5 Å². The van der Waals surface area contributed by atoms with Gasteiger partial charge in [-0.2, -0.15) is 0 Å². The van der Waals surface area contributed by atoms with Gasteiger partial charge in [-0.15, -0.1) is 11.3 Å². The molecule has 2 nitrogen and oxygen atoms in total. The second-order valence-electron chi connectivity index (χ2n) is 4.82. The zero-order valence-electron chi connectivity index (χ0n) is 10.9. The van der Waals surface area contributed by atoms with Crippen LogP contribution in [0, 0.1) is 5.92 Å². The molecule has 0 aliphatic rings. The number of halogens is 1. The van der Waals surface area contributed by atoms with Gasteiger partial charge in [0.25, 0.3) is 0 Å². The van der Waals surface area contributed by atoms with Crippen molar-refractivity contribution >= 4 is 32.9 Å². The third kappa shape index (κ3) is 2.47. The van der Waals surface area contributed by atoms with Crippen molar-refractivity contribution in [2.24, 2.45) is 0 Å². The molecule has 0 atom stereocenters. The van der Waals surface area contributed by atoms with E-state index in [4.69, 9.17) is 4.98 Å². The quantitative estimate of drug-likeness (QED) is 0.660. The molecule has 0 N–H and O–H groups in total. The van der Waals surface area contributed by atoms with E-state index in [-0.39, 0.29) is 0 Å². The average Bonchev–Trinajstić information content (AvgIpc) is 2.94. The summed E-state index contributed by atoms with van der Waals surface area (Å²) >= 11 is 5.26. The van der Waals surface area contributed by atoms with E-state index < -0.39 is 0 Å². The highest BCUT2D eigenvalue weighted by Gasteiger charge is 2.16. The molecule has 0 fully saturated rings. The fraction of sp³-hybridized carbons (Fsp3) is 0.200. The standard InChI is InChI=1S/C15H14BrN2S/c1-10(2)9-11-15(12-6-7-13(16)19-12)17-14-5-3-4-8-18(11)14/h3-8H,9H2,1-2H3. The first kappa shape index (κ1) is 12.9. The van der Waals surface area contributed by atoms with Gasteiger partial charge in [-0.05, 0) is 52.5 Å². The fourth-order valence-corrected chi connectivity index (χ4v) is 3.59. The maximum atomic E-state index is 4.79.